The van der Waals surface area contributed by atoms with Gasteiger partial charge in [0, 0.05) is 10.8 Å². The van der Waals surface area contributed by atoms with Crippen molar-refractivity contribution < 1.29 is 4.79 Å². The molecule has 0 aromatic rings. The molecular weight excluding hydrogens is 184 g/mol. The Balaban J connectivity index is 3.20. The highest BCUT2D eigenvalue weighted by atomic mass is 16.1. The molecular formula is C14H24O. The van der Waals surface area contributed by atoms with Crippen molar-refractivity contribution in [3.63, 3.8) is 0 Å². The van der Waals surface area contributed by atoms with Gasteiger partial charge in [0.2, 0.25) is 0 Å². The highest BCUT2D eigenvalue weighted by Crippen LogP contribution is 2.80. The first-order valence-corrected chi connectivity index (χ1v) is 5.86. The summed E-state index contributed by atoms with van der Waals surface area (Å²) >= 11 is 0. The first kappa shape index (κ1) is 12.5. The van der Waals surface area contributed by atoms with Gasteiger partial charge in [-0.05, 0) is 25.7 Å². The zero-order valence-electron chi connectivity index (χ0n) is 11.2. The van der Waals surface area contributed by atoms with E-state index in [9.17, 15) is 4.79 Å². The molecule has 0 saturated heterocycles. The third kappa shape index (κ3) is 1.12. The monoisotopic (exact) mass is 208 g/mol. The molecule has 0 N–H and O–H groups in total. The maximum Gasteiger partial charge on any atom is 0.137 e. The van der Waals surface area contributed by atoms with E-state index in [0.717, 1.165) is 6.42 Å². The molecule has 1 saturated carbocycles. The lowest BCUT2D eigenvalue weighted by atomic mass is 9.86. The summed E-state index contributed by atoms with van der Waals surface area (Å²) < 4.78 is 0. The van der Waals surface area contributed by atoms with E-state index >= 15 is 0 Å². The van der Waals surface area contributed by atoms with Crippen LogP contribution >= 0.6 is 0 Å². The van der Waals surface area contributed by atoms with Gasteiger partial charge in [-0.15, -0.1) is 0 Å². The fraction of sp³-hybridized carbons (Fsp3) is 0.786. The molecule has 86 valence electrons. The minimum Gasteiger partial charge on any atom is -0.299 e. The summed E-state index contributed by atoms with van der Waals surface area (Å²) in [5.74, 6) is 0.318. The van der Waals surface area contributed by atoms with Crippen LogP contribution in [0.15, 0.2) is 11.6 Å². The third-order valence-corrected chi connectivity index (χ3v) is 5.44. The standard InChI is InChI=1S/C14H24O/c1-8-9-10(2)13(6)12(4,5)14(13,7)11(3)15/h9H,8H2,1-7H3/b10-9+/t13-,14-/m1/s1. The summed E-state index contributed by atoms with van der Waals surface area (Å²) in [6.07, 6.45) is 3.31. The van der Waals surface area contributed by atoms with Crippen LogP contribution in [0, 0.1) is 16.2 Å². The Kier molecular flexibility index (Phi) is 2.66. The lowest BCUT2D eigenvalue weighted by molar-refractivity contribution is -0.123. The van der Waals surface area contributed by atoms with Crippen molar-refractivity contribution in [2.45, 2.75) is 54.9 Å². The van der Waals surface area contributed by atoms with Crippen molar-refractivity contribution in [1.29, 1.82) is 0 Å². The average Bonchev–Trinajstić information content (AvgIpc) is 2.48. The molecule has 1 nitrogen and oxygen atoms in total. The Hall–Kier alpha value is -0.590. The Morgan fingerprint density at radius 3 is 1.80 bits per heavy atom. The summed E-state index contributed by atoms with van der Waals surface area (Å²) in [6, 6.07) is 0. The summed E-state index contributed by atoms with van der Waals surface area (Å²) in [7, 11) is 0. The fourth-order valence-corrected chi connectivity index (χ4v) is 3.53. The molecule has 0 radical (unpaired) electrons. The fourth-order valence-electron chi connectivity index (χ4n) is 3.53. The van der Waals surface area contributed by atoms with Gasteiger partial charge >= 0.3 is 0 Å². The topological polar surface area (TPSA) is 17.1 Å². The Labute approximate surface area is 93.9 Å². The molecule has 0 heterocycles. The Morgan fingerprint density at radius 1 is 1.07 bits per heavy atom. The minimum atomic E-state index is -0.185. The second kappa shape index (κ2) is 3.20. The van der Waals surface area contributed by atoms with Gasteiger partial charge in [0.25, 0.3) is 0 Å². The lowest BCUT2D eigenvalue weighted by Gasteiger charge is -2.17. The zero-order valence-corrected chi connectivity index (χ0v) is 11.2. The van der Waals surface area contributed by atoms with E-state index in [4.69, 9.17) is 0 Å². The molecule has 2 atom stereocenters. The largest absolute Gasteiger partial charge is 0.299 e. The van der Waals surface area contributed by atoms with Crippen LogP contribution < -0.4 is 0 Å². The normalized spacial score (nSPS) is 39.0. The zero-order chi connectivity index (χ0) is 12.1. The number of carbonyl (C=O) groups is 1. The van der Waals surface area contributed by atoms with Crippen LogP contribution in [-0.2, 0) is 4.79 Å². The van der Waals surface area contributed by atoms with Crippen molar-refractivity contribution in [3.8, 4) is 0 Å². The van der Waals surface area contributed by atoms with Crippen LogP contribution in [-0.4, -0.2) is 5.78 Å². The second-order valence-corrected chi connectivity index (χ2v) is 5.73. The van der Waals surface area contributed by atoms with Crippen LogP contribution in [0.4, 0.5) is 0 Å². The molecule has 1 rings (SSSR count). The van der Waals surface area contributed by atoms with Crippen LogP contribution in [0.3, 0.4) is 0 Å². The summed E-state index contributed by atoms with van der Waals surface area (Å²) in [5, 5.41) is 0. The van der Waals surface area contributed by atoms with Gasteiger partial charge in [-0.25, -0.2) is 0 Å². The van der Waals surface area contributed by atoms with Crippen LogP contribution in [0.5, 0.6) is 0 Å². The van der Waals surface area contributed by atoms with E-state index in [2.05, 4.69) is 47.6 Å². The molecule has 1 aliphatic carbocycles. The molecule has 0 amide bonds. The molecule has 0 spiro atoms. The molecule has 15 heavy (non-hydrogen) atoms. The predicted molar refractivity (Wildman–Crippen MR) is 64.7 cm³/mol. The second-order valence-electron chi connectivity index (χ2n) is 5.73. The van der Waals surface area contributed by atoms with E-state index < -0.39 is 0 Å². The van der Waals surface area contributed by atoms with E-state index in [1.165, 1.54) is 5.57 Å². The van der Waals surface area contributed by atoms with Crippen molar-refractivity contribution in [2.24, 2.45) is 16.2 Å². The quantitative estimate of drug-likeness (QED) is 0.641. The number of ketones is 1. The summed E-state index contributed by atoms with van der Waals surface area (Å²) in [6.45, 7) is 14.8. The molecule has 1 heteroatoms. The van der Waals surface area contributed by atoms with E-state index in [-0.39, 0.29) is 16.2 Å². The van der Waals surface area contributed by atoms with Crippen LogP contribution in [0.25, 0.3) is 0 Å². The molecule has 0 aromatic heterocycles. The van der Waals surface area contributed by atoms with Crippen molar-refractivity contribution in [3.05, 3.63) is 11.6 Å². The maximum absolute atomic E-state index is 11.8. The molecule has 1 fully saturated rings. The minimum absolute atomic E-state index is 0.0435. The van der Waals surface area contributed by atoms with Crippen molar-refractivity contribution in [1.82, 2.24) is 0 Å². The van der Waals surface area contributed by atoms with Gasteiger partial charge in [-0.1, -0.05) is 46.3 Å². The van der Waals surface area contributed by atoms with Crippen molar-refractivity contribution >= 4 is 5.78 Å². The van der Waals surface area contributed by atoms with Crippen LogP contribution in [0.1, 0.15) is 54.9 Å². The van der Waals surface area contributed by atoms with Crippen molar-refractivity contribution in [2.75, 3.05) is 0 Å². The van der Waals surface area contributed by atoms with Gasteiger partial charge in [-0.3, -0.25) is 4.79 Å². The predicted octanol–water partition coefficient (Wildman–Crippen LogP) is 3.98. The Bertz CT molecular complexity index is 324. The number of hydrogen-bond donors (Lipinski definition) is 0. The third-order valence-electron chi connectivity index (χ3n) is 5.44. The van der Waals surface area contributed by atoms with Gasteiger partial charge in [0.1, 0.15) is 5.78 Å². The van der Waals surface area contributed by atoms with Crippen LogP contribution in [0.2, 0.25) is 0 Å². The Morgan fingerprint density at radius 2 is 1.53 bits per heavy atom. The van der Waals surface area contributed by atoms with Gasteiger partial charge in [0.05, 0.1) is 0 Å². The average molecular weight is 208 g/mol. The lowest BCUT2D eigenvalue weighted by Crippen LogP contribution is -2.17. The van der Waals surface area contributed by atoms with E-state index in [1.807, 2.05) is 0 Å². The maximum atomic E-state index is 11.8. The highest BCUT2D eigenvalue weighted by molar-refractivity contribution is 5.89. The number of allylic oxidation sites excluding steroid dienone is 2. The molecule has 1 aliphatic rings. The molecule has 0 unspecified atom stereocenters. The first-order valence-electron chi connectivity index (χ1n) is 5.86. The number of Topliss-reactive ketones (excluding diaryl/α,β-unsaturated/α-hetero) is 1. The van der Waals surface area contributed by atoms with E-state index in [0.29, 0.717) is 5.78 Å². The SMILES string of the molecule is CC/C=C(\C)[C@]1(C)C(C)(C)[C@@]1(C)C(C)=O. The molecule has 0 bridgehead atoms. The highest BCUT2D eigenvalue weighted by Gasteiger charge is 2.79. The van der Waals surface area contributed by atoms with Gasteiger partial charge in [0.15, 0.2) is 0 Å². The van der Waals surface area contributed by atoms with Gasteiger partial charge in [-0.2, -0.15) is 0 Å². The summed E-state index contributed by atoms with van der Waals surface area (Å²) in [5.41, 5.74) is 1.31. The first-order chi connectivity index (χ1) is 6.67. The number of hydrogen-bond acceptors (Lipinski definition) is 1. The number of carbonyl (C=O) groups excluding carboxylic acids is 1. The van der Waals surface area contributed by atoms with Gasteiger partial charge < -0.3 is 0 Å². The number of rotatable bonds is 3. The van der Waals surface area contributed by atoms with E-state index in [1.54, 1.807) is 6.92 Å². The summed E-state index contributed by atoms with van der Waals surface area (Å²) in [4.78, 5) is 11.8. The smallest absolute Gasteiger partial charge is 0.137 e. The molecule has 0 aliphatic heterocycles. The molecule has 0 aromatic carbocycles.